The van der Waals surface area contributed by atoms with Crippen molar-refractivity contribution in [2.75, 3.05) is 6.54 Å². The molecule has 0 radical (unpaired) electrons. The van der Waals surface area contributed by atoms with Gasteiger partial charge in [0.25, 0.3) is 5.91 Å². The highest BCUT2D eigenvalue weighted by atomic mass is 16.2. The van der Waals surface area contributed by atoms with Crippen LogP contribution in [0.5, 0.6) is 0 Å². The number of nitrogens with one attached hydrogen (secondary N) is 1. The summed E-state index contributed by atoms with van der Waals surface area (Å²) in [5, 5.41) is 7.10. The summed E-state index contributed by atoms with van der Waals surface area (Å²) >= 11 is 0. The summed E-state index contributed by atoms with van der Waals surface area (Å²) < 4.78 is 0. The van der Waals surface area contributed by atoms with E-state index >= 15 is 0 Å². The van der Waals surface area contributed by atoms with Crippen molar-refractivity contribution in [1.29, 1.82) is 0 Å². The van der Waals surface area contributed by atoms with E-state index < -0.39 is 0 Å². The number of rotatable bonds is 2. The van der Waals surface area contributed by atoms with Crippen LogP contribution in [0.3, 0.4) is 0 Å². The number of carbonyl (C=O) groups excluding carboxylic acids is 1. The van der Waals surface area contributed by atoms with Crippen LogP contribution in [0.25, 0.3) is 0 Å². The van der Waals surface area contributed by atoms with Crippen molar-refractivity contribution in [2.24, 2.45) is 0 Å². The third-order valence-corrected chi connectivity index (χ3v) is 3.86. The number of hydrogen-bond acceptors (Lipinski definition) is 5. The zero-order valence-electron chi connectivity index (χ0n) is 13.1. The smallest absolute Gasteiger partial charge is 0.273 e. The van der Waals surface area contributed by atoms with Crippen molar-refractivity contribution in [3.63, 3.8) is 0 Å². The standard InChI is InChI=1S/C15H20N6O/c1-9-8-12(17-10(2)16-9)15(22)21-7-5-4-6-13(21)14-18-11(3)19-20-14/h8,13H,4-7H2,1-3H3,(H,18,19,20). The molecule has 0 aromatic carbocycles. The topological polar surface area (TPSA) is 87.7 Å². The van der Waals surface area contributed by atoms with Crippen molar-refractivity contribution in [3.8, 4) is 0 Å². The van der Waals surface area contributed by atoms with E-state index in [1.165, 1.54) is 0 Å². The van der Waals surface area contributed by atoms with E-state index in [0.29, 0.717) is 23.9 Å². The first kappa shape index (κ1) is 14.6. The van der Waals surface area contributed by atoms with Crippen LogP contribution in [0.15, 0.2) is 6.07 Å². The fourth-order valence-electron chi connectivity index (χ4n) is 2.93. The average molecular weight is 300 g/mol. The van der Waals surface area contributed by atoms with Gasteiger partial charge in [0.2, 0.25) is 0 Å². The Morgan fingerprint density at radius 3 is 2.73 bits per heavy atom. The van der Waals surface area contributed by atoms with Gasteiger partial charge in [0.15, 0.2) is 5.82 Å². The lowest BCUT2D eigenvalue weighted by molar-refractivity contribution is 0.0593. The molecule has 1 unspecified atom stereocenters. The highest BCUT2D eigenvalue weighted by Gasteiger charge is 2.32. The van der Waals surface area contributed by atoms with Crippen LogP contribution in [-0.2, 0) is 0 Å². The van der Waals surface area contributed by atoms with E-state index in [-0.39, 0.29) is 11.9 Å². The van der Waals surface area contributed by atoms with Gasteiger partial charge in [0.05, 0.1) is 6.04 Å². The summed E-state index contributed by atoms with van der Waals surface area (Å²) in [5.41, 5.74) is 1.25. The Balaban J connectivity index is 1.91. The number of hydrogen-bond donors (Lipinski definition) is 1. The van der Waals surface area contributed by atoms with E-state index in [1.807, 2.05) is 18.7 Å². The lowest BCUT2D eigenvalue weighted by atomic mass is 10.0. The number of aromatic nitrogens is 5. The number of H-pyrrole nitrogens is 1. The molecule has 1 amide bonds. The van der Waals surface area contributed by atoms with Crippen molar-refractivity contribution < 1.29 is 4.79 Å². The second-order valence-electron chi connectivity index (χ2n) is 5.73. The molecule has 0 aliphatic carbocycles. The molecular weight excluding hydrogens is 280 g/mol. The maximum Gasteiger partial charge on any atom is 0.273 e. The van der Waals surface area contributed by atoms with Gasteiger partial charge in [0.1, 0.15) is 17.3 Å². The van der Waals surface area contributed by atoms with Crippen LogP contribution in [0.2, 0.25) is 0 Å². The Morgan fingerprint density at radius 2 is 2.05 bits per heavy atom. The first-order valence-corrected chi connectivity index (χ1v) is 7.57. The van der Waals surface area contributed by atoms with E-state index in [2.05, 4.69) is 25.1 Å². The van der Waals surface area contributed by atoms with Gasteiger partial charge in [-0.15, -0.1) is 0 Å². The molecule has 2 aromatic rings. The van der Waals surface area contributed by atoms with Crippen LogP contribution >= 0.6 is 0 Å². The number of carbonyl (C=O) groups is 1. The van der Waals surface area contributed by atoms with Crippen LogP contribution < -0.4 is 0 Å². The van der Waals surface area contributed by atoms with Crippen molar-refractivity contribution in [2.45, 2.75) is 46.1 Å². The summed E-state index contributed by atoms with van der Waals surface area (Å²) in [5.74, 6) is 2.00. The number of aromatic amines is 1. The summed E-state index contributed by atoms with van der Waals surface area (Å²) in [6.45, 7) is 6.25. The van der Waals surface area contributed by atoms with Crippen molar-refractivity contribution >= 4 is 5.91 Å². The van der Waals surface area contributed by atoms with Crippen LogP contribution in [0, 0.1) is 20.8 Å². The minimum absolute atomic E-state index is 0.0687. The molecule has 116 valence electrons. The number of amides is 1. The number of aryl methyl sites for hydroxylation is 3. The molecule has 0 saturated carbocycles. The number of likely N-dealkylation sites (tertiary alicyclic amines) is 1. The zero-order valence-corrected chi connectivity index (χ0v) is 13.1. The van der Waals surface area contributed by atoms with Crippen molar-refractivity contribution in [3.05, 3.63) is 34.9 Å². The first-order chi connectivity index (χ1) is 10.5. The molecule has 22 heavy (non-hydrogen) atoms. The Kier molecular flexibility index (Phi) is 3.87. The van der Waals surface area contributed by atoms with Crippen molar-refractivity contribution in [1.82, 2.24) is 30.0 Å². The lowest BCUT2D eigenvalue weighted by Crippen LogP contribution is -2.39. The summed E-state index contributed by atoms with van der Waals surface area (Å²) in [7, 11) is 0. The minimum Gasteiger partial charge on any atom is -0.327 e. The summed E-state index contributed by atoms with van der Waals surface area (Å²) in [4.78, 5) is 27.6. The molecule has 0 spiro atoms. The highest BCUT2D eigenvalue weighted by Crippen LogP contribution is 2.30. The Labute approximate surface area is 129 Å². The van der Waals surface area contributed by atoms with Crippen LogP contribution in [0.4, 0.5) is 0 Å². The first-order valence-electron chi connectivity index (χ1n) is 7.57. The molecule has 1 aliphatic rings. The van der Waals surface area contributed by atoms with Gasteiger partial charge in [0, 0.05) is 12.2 Å². The molecule has 1 fully saturated rings. The second-order valence-corrected chi connectivity index (χ2v) is 5.73. The highest BCUT2D eigenvalue weighted by molar-refractivity contribution is 5.92. The van der Waals surface area contributed by atoms with E-state index in [1.54, 1.807) is 13.0 Å². The SMILES string of the molecule is Cc1cc(C(=O)N2CCCCC2c2n[nH]c(C)n2)nc(C)n1. The predicted octanol–water partition coefficient (Wildman–Crippen LogP) is 1.89. The molecule has 2 aromatic heterocycles. The van der Waals surface area contributed by atoms with E-state index in [0.717, 1.165) is 30.8 Å². The predicted molar refractivity (Wildman–Crippen MR) is 80.3 cm³/mol. The van der Waals surface area contributed by atoms with Crippen LogP contribution in [0.1, 0.15) is 59.0 Å². The third-order valence-electron chi connectivity index (χ3n) is 3.86. The fourth-order valence-corrected chi connectivity index (χ4v) is 2.93. The molecule has 7 heteroatoms. The largest absolute Gasteiger partial charge is 0.327 e. The monoisotopic (exact) mass is 300 g/mol. The van der Waals surface area contributed by atoms with E-state index in [4.69, 9.17) is 0 Å². The van der Waals surface area contributed by atoms with Gasteiger partial charge in [-0.2, -0.15) is 5.10 Å². The van der Waals surface area contributed by atoms with Gasteiger partial charge in [-0.25, -0.2) is 15.0 Å². The second kappa shape index (κ2) is 5.82. The molecular formula is C15H20N6O. The maximum atomic E-state index is 12.9. The molecule has 3 rings (SSSR count). The Bertz CT molecular complexity index is 675. The molecule has 1 aliphatic heterocycles. The van der Waals surface area contributed by atoms with Gasteiger partial charge in [-0.3, -0.25) is 9.89 Å². The number of nitrogens with zero attached hydrogens (tertiary/aromatic N) is 5. The minimum atomic E-state index is -0.0817. The summed E-state index contributed by atoms with van der Waals surface area (Å²) in [6.07, 6.45) is 2.95. The molecule has 3 heterocycles. The quantitative estimate of drug-likeness (QED) is 0.915. The molecule has 1 N–H and O–H groups in total. The molecule has 1 saturated heterocycles. The van der Waals surface area contributed by atoms with Gasteiger partial charge in [-0.1, -0.05) is 0 Å². The third kappa shape index (κ3) is 2.84. The Morgan fingerprint density at radius 1 is 1.23 bits per heavy atom. The molecule has 7 nitrogen and oxygen atoms in total. The average Bonchev–Trinajstić information content (AvgIpc) is 2.92. The lowest BCUT2D eigenvalue weighted by Gasteiger charge is -2.33. The van der Waals surface area contributed by atoms with Gasteiger partial charge >= 0.3 is 0 Å². The fraction of sp³-hybridized carbons (Fsp3) is 0.533. The van der Waals surface area contributed by atoms with Gasteiger partial charge in [-0.05, 0) is 46.1 Å². The van der Waals surface area contributed by atoms with Gasteiger partial charge < -0.3 is 4.90 Å². The van der Waals surface area contributed by atoms with E-state index in [9.17, 15) is 4.79 Å². The number of piperidine rings is 1. The Hall–Kier alpha value is -2.31. The van der Waals surface area contributed by atoms with Crippen LogP contribution in [-0.4, -0.2) is 42.5 Å². The molecule has 1 atom stereocenters. The normalized spacial score (nSPS) is 18.5. The maximum absolute atomic E-state index is 12.9. The molecule has 0 bridgehead atoms. The zero-order chi connectivity index (χ0) is 15.7. The summed E-state index contributed by atoms with van der Waals surface area (Å²) in [6, 6.07) is 1.66.